The molecule has 26 heavy (non-hydrogen) atoms. The second-order valence-corrected chi connectivity index (χ2v) is 9.52. The first-order valence-electron chi connectivity index (χ1n) is 9.99. The van der Waals surface area contributed by atoms with E-state index in [9.17, 15) is 9.59 Å². The summed E-state index contributed by atoms with van der Waals surface area (Å²) >= 11 is 0. The molecule has 0 aromatic heterocycles. The highest BCUT2D eigenvalue weighted by atomic mass is 16.4. The van der Waals surface area contributed by atoms with Gasteiger partial charge in [-0.25, -0.2) is 0 Å². The predicted molar refractivity (Wildman–Crippen MR) is 103 cm³/mol. The van der Waals surface area contributed by atoms with E-state index >= 15 is 0 Å². The zero-order chi connectivity index (χ0) is 19.2. The van der Waals surface area contributed by atoms with Crippen LogP contribution in [-0.4, -0.2) is 23.5 Å². The van der Waals surface area contributed by atoms with Gasteiger partial charge in [0.15, 0.2) is 0 Å². The van der Waals surface area contributed by atoms with Gasteiger partial charge < -0.3 is 10.4 Å². The van der Waals surface area contributed by atoms with Crippen molar-refractivity contribution in [3.05, 3.63) is 24.3 Å². The third-order valence-electron chi connectivity index (χ3n) is 7.75. The van der Waals surface area contributed by atoms with Crippen molar-refractivity contribution in [1.29, 1.82) is 0 Å². The summed E-state index contributed by atoms with van der Waals surface area (Å²) in [5.41, 5.74) is 1.32. The molecule has 0 bridgehead atoms. The van der Waals surface area contributed by atoms with Crippen molar-refractivity contribution in [2.75, 3.05) is 6.54 Å². The van der Waals surface area contributed by atoms with Crippen LogP contribution in [0.5, 0.6) is 0 Å². The Labute approximate surface area is 157 Å². The van der Waals surface area contributed by atoms with Gasteiger partial charge >= 0.3 is 5.97 Å². The maximum Gasteiger partial charge on any atom is 0.322 e. The van der Waals surface area contributed by atoms with Gasteiger partial charge in [0.2, 0.25) is 5.91 Å². The Bertz CT molecular complexity index is 654. The number of carboxylic acids is 1. The van der Waals surface area contributed by atoms with E-state index in [0.717, 1.165) is 44.9 Å². The van der Waals surface area contributed by atoms with Gasteiger partial charge in [-0.2, -0.15) is 0 Å². The van der Waals surface area contributed by atoms with Gasteiger partial charge in [0.25, 0.3) is 0 Å². The molecule has 2 N–H and O–H groups in total. The van der Waals surface area contributed by atoms with E-state index < -0.39 is 11.4 Å². The normalized spacial score (nSPS) is 42.0. The molecule has 0 saturated heterocycles. The van der Waals surface area contributed by atoms with E-state index in [-0.39, 0.29) is 29.2 Å². The van der Waals surface area contributed by atoms with Gasteiger partial charge in [-0.3, -0.25) is 9.59 Å². The Morgan fingerprint density at radius 3 is 2.69 bits per heavy atom. The Morgan fingerprint density at radius 1 is 1.31 bits per heavy atom. The molecular formula is C22H33NO3. The minimum Gasteiger partial charge on any atom is -0.480 e. The molecule has 0 aliphatic heterocycles. The third-order valence-corrected chi connectivity index (χ3v) is 7.75. The van der Waals surface area contributed by atoms with Crippen LogP contribution < -0.4 is 5.32 Å². The summed E-state index contributed by atoms with van der Waals surface area (Å²) in [5, 5.41) is 11.6. The molecule has 3 aliphatic carbocycles. The summed E-state index contributed by atoms with van der Waals surface area (Å²) in [6, 6.07) is 0. The molecule has 0 aromatic carbocycles. The lowest BCUT2D eigenvalue weighted by atomic mass is 9.46. The first-order chi connectivity index (χ1) is 12.1. The molecule has 0 aromatic rings. The highest BCUT2D eigenvalue weighted by Gasteiger charge is 2.57. The molecule has 0 spiro atoms. The van der Waals surface area contributed by atoms with Crippen LogP contribution in [0.4, 0.5) is 0 Å². The molecule has 2 saturated carbocycles. The van der Waals surface area contributed by atoms with E-state index in [1.54, 1.807) is 5.57 Å². The smallest absolute Gasteiger partial charge is 0.322 e. The summed E-state index contributed by atoms with van der Waals surface area (Å²) in [6.07, 6.45) is 11.9. The van der Waals surface area contributed by atoms with Crippen molar-refractivity contribution in [2.45, 2.75) is 65.7 Å². The first kappa shape index (κ1) is 19.2. The van der Waals surface area contributed by atoms with Crippen LogP contribution in [0, 0.1) is 28.1 Å². The lowest BCUT2D eigenvalue weighted by Gasteiger charge is -2.58. The van der Waals surface area contributed by atoms with Gasteiger partial charge in [-0.05, 0) is 61.2 Å². The fourth-order valence-electron chi connectivity index (χ4n) is 6.24. The number of amides is 1. The lowest BCUT2D eigenvalue weighted by Crippen LogP contribution is -2.55. The van der Waals surface area contributed by atoms with Crippen LogP contribution in [0.3, 0.4) is 0 Å². The maximum absolute atomic E-state index is 12.9. The maximum atomic E-state index is 12.9. The molecule has 5 atom stereocenters. The summed E-state index contributed by atoms with van der Waals surface area (Å²) in [7, 11) is 0. The van der Waals surface area contributed by atoms with Crippen LogP contribution in [0.2, 0.25) is 0 Å². The number of carbonyl (C=O) groups is 2. The van der Waals surface area contributed by atoms with E-state index in [2.05, 4.69) is 44.8 Å². The molecule has 0 radical (unpaired) electrons. The topological polar surface area (TPSA) is 66.4 Å². The van der Waals surface area contributed by atoms with Crippen molar-refractivity contribution in [2.24, 2.45) is 28.1 Å². The van der Waals surface area contributed by atoms with Gasteiger partial charge in [-0.1, -0.05) is 44.9 Å². The largest absolute Gasteiger partial charge is 0.480 e. The summed E-state index contributed by atoms with van der Waals surface area (Å²) in [4.78, 5) is 23.8. The second-order valence-electron chi connectivity index (χ2n) is 9.52. The lowest BCUT2D eigenvalue weighted by molar-refractivity contribution is -0.146. The number of carbonyl (C=O) groups excluding carboxylic acids is 1. The standard InChI is InChI=1S/C22H33NO3/c1-5-20(2)12-9-16-15(13-20)7-8-17-21(16,3)10-6-11-22(17,4)19(26)23-14-18(24)25/h5,9,15,17H,1,6-8,10-14H2,2-4H3,(H,23,26)(H,24,25)/t15?,17?,20-,21-,22+/m0/s1. The van der Waals surface area contributed by atoms with Gasteiger partial charge in [0.1, 0.15) is 6.54 Å². The second kappa shape index (κ2) is 6.54. The first-order valence-corrected chi connectivity index (χ1v) is 9.99. The van der Waals surface area contributed by atoms with Crippen LogP contribution in [0.25, 0.3) is 0 Å². The van der Waals surface area contributed by atoms with Crippen molar-refractivity contribution < 1.29 is 14.7 Å². The van der Waals surface area contributed by atoms with Gasteiger partial charge in [0.05, 0.1) is 5.41 Å². The molecule has 2 unspecified atom stereocenters. The Kier molecular flexibility index (Phi) is 4.83. The van der Waals surface area contributed by atoms with Crippen LogP contribution in [0.1, 0.15) is 65.7 Å². The minimum absolute atomic E-state index is 0.0545. The number of hydrogen-bond donors (Lipinski definition) is 2. The van der Waals surface area contributed by atoms with Gasteiger partial charge in [0, 0.05) is 0 Å². The van der Waals surface area contributed by atoms with Crippen molar-refractivity contribution in [3.8, 4) is 0 Å². The summed E-state index contributed by atoms with van der Waals surface area (Å²) < 4.78 is 0. The average molecular weight is 360 g/mol. The number of nitrogens with one attached hydrogen (secondary N) is 1. The molecule has 4 nitrogen and oxygen atoms in total. The molecule has 1 amide bonds. The van der Waals surface area contributed by atoms with E-state index in [0.29, 0.717) is 5.92 Å². The fraction of sp³-hybridized carbons (Fsp3) is 0.727. The zero-order valence-corrected chi connectivity index (χ0v) is 16.4. The molecular weight excluding hydrogens is 326 g/mol. The highest BCUT2D eigenvalue weighted by molar-refractivity contribution is 5.86. The van der Waals surface area contributed by atoms with Crippen LogP contribution in [0.15, 0.2) is 24.3 Å². The number of allylic oxidation sites excluding steroid dienone is 3. The van der Waals surface area contributed by atoms with E-state index in [1.165, 1.54) is 0 Å². The van der Waals surface area contributed by atoms with Crippen molar-refractivity contribution >= 4 is 11.9 Å². The summed E-state index contributed by atoms with van der Waals surface area (Å²) in [6.45, 7) is 10.5. The number of hydrogen-bond acceptors (Lipinski definition) is 2. The Hall–Kier alpha value is -1.58. The van der Waals surface area contributed by atoms with E-state index in [4.69, 9.17) is 5.11 Å². The molecule has 144 valence electrons. The van der Waals surface area contributed by atoms with Crippen LogP contribution >= 0.6 is 0 Å². The number of aliphatic carboxylic acids is 1. The molecule has 3 rings (SSSR count). The quantitative estimate of drug-likeness (QED) is 0.735. The van der Waals surface area contributed by atoms with Gasteiger partial charge in [-0.15, -0.1) is 6.58 Å². The molecule has 0 heterocycles. The molecule has 4 heteroatoms. The number of rotatable bonds is 4. The third kappa shape index (κ3) is 3.01. The SMILES string of the molecule is C=C[C@@]1(C)CC=C2C(CCC3[C@](C)(C(=O)NCC(=O)O)CCC[C@@]23C)C1. The highest BCUT2D eigenvalue weighted by Crippen LogP contribution is 2.63. The predicted octanol–water partition coefficient (Wildman–Crippen LogP) is 4.32. The minimum atomic E-state index is -0.983. The monoisotopic (exact) mass is 359 g/mol. The molecule has 3 aliphatic rings. The van der Waals surface area contributed by atoms with Crippen molar-refractivity contribution in [3.63, 3.8) is 0 Å². The summed E-state index contributed by atoms with van der Waals surface area (Å²) in [5.74, 6) is -0.185. The average Bonchev–Trinajstić information content (AvgIpc) is 2.59. The van der Waals surface area contributed by atoms with Crippen LogP contribution in [-0.2, 0) is 9.59 Å². The zero-order valence-electron chi connectivity index (χ0n) is 16.4. The molecule has 2 fully saturated rings. The van der Waals surface area contributed by atoms with E-state index in [1.807, 2.05) is 0 Å². The van der Waals surface area contributed by atoms with Crippen molar-refractivity contribution in [1.82, 2.24) is 5.32 Å². The Morgan fingerprint density at radius 2 is 2.04 bits per heavy atom. The Balaban J connectivity index is 1.89. The number of carboxylic acid groups (broad SMARTS) is 1. The fourth-order valence-corrected chi connectivity index (χ4v) is 6.24. The number of fused-ring (bicyclic) bond motifs is 3.